The molecule has 20 heavy (non-hydrogen) atoms. The van der Waals surface area contributed by atoms with Crippen LogP contribution in [-0.2, 0) is 6.54 Å². The van der Waals surface area contributed by atoms with E-state index < -0.39 is 0 Å². The maximum atomic E-state index is 13.1. The Morgan fingerprint density at radius 3 is 2.80 bits per heavy atom. The lowest BCUT2D eigenvalue weighted by atomic mass is 10.2. The molecule has 3 rings (SSSR count). The number of rotatable bonds is 4. The zero-order valence-corrected chi connectivity index (χ0v) is 11.9. The molecule has 5 heteroatoms. The molecule has 1 aliphatic rings. The van der Waals surface area contributed by atoms with Gasteiger partial charge in [-0.3, -0.25) is 0 Å². The number of nitrogens with one attached hydrogen (secondary N) is 1. The zero-order valence-electron chi connectivity index (χ0n) is 11.2. The van der Waals surface area contributed by atoms with Gasteiger partial charge >= 0.3 is 0 Å². The average molecular weight is 292 g/mol. The molecule has 104 valence electrons. The highest BCUT2D eigenvalue weighted by atomic mass is 35.5. The second-order valence-corrected chi connectivity index (χ2v) is 5.51. The lowest BCUT2D eigenvalue weighted by Gasteiger charge is -2.08. The van der Waals surface area contributed by atoms with Crippen LogP contribution >= 0.6 is 11.6 Å². The van der Waals surface area contributed by atoms with Crippen molar-refractivity contribution >= 4 is 11.6 Å². The fourth-order valence-electron chi connectivity index (χ4n) is 2.05. The highest BCUT2D eigenvalue weighted by molar-refractivity contribution is 6.33. The Hall–Kier alpha value is -1.52. The summed E-state index contributed by atoms with van der Waals surface area (Å²) >= 11 is 6.07. The third-order valence-corrected chi connectivity index (χ3v) is 3.54. The van der Waals surface area contributed by atoms with Crippen LogP contribution in [0.5, 0.6) is 0 Å². The molecule has 0 unspecified atom stereocenters. The largest absolute Gasteiger partial charge is 0.308 e. The molecule has 2 aromatic rings. The van der Waals surface area contributed by atoms with Crippen molar-refractivity contribution < 1.29 is 4.39 Å². The smallest absolute Gasteiger partial charge is 0.161 e. The minimum Gasteiger partial charge on any atom is -0.308 e. The van der Waals surface area contributed by atoms with Crippen LogP contribution in [-0.4, -0.2) is 16.0 Å². The number of nitrogens with zero attached hydrogens (tertiary/aromatic N) is 2. The molecular formula is C15H15ClFN3. The van der Waals surface area contributed by atoms with Crippen molar-refractivity contribution in [2.24, 2.45) is 0 Å². The highest BCUT2D eigenvalue weighted by Gasteiger charge is 2.20. The van der Waals surface area contributed by atoms with Crippen molar-refractivity contribution in [2.75, 3.05) is 0 Å². The Bertz CT molecular complexity index is 641. The molecule has 0 amide bonds. The molecule has 1 aliphatic carbocycles. The van der Waals surface area contributed by atoms with Gasteiger partial charge in [-0.05, 0) is 44.0 Å². The molecule has 3 nitrogen and oxygen atoms in total. The van der Waals surface area contributed by atoms with E-state index in [4.69, 9.17) is 11.6 Å². The summed E-state index contributed by atoms with van der Waals surface area (Å²) < 4.78 is 13.1. The molecule has 1 heterocycles. The summed E-state index contributed by atoms with van der Waals surface area (Å²) in [5.74, 6) is 0.185. The van der Waals surface area contributed by atoms with Gasteiger partial charge in [-0.2, -0.15) is 0 Å². The third-order valence-electron chi connectivity index (χ3n) is 3.23. The third kappa shape index (κ3) is 3.14. The molecule has 0 radical (unpaired) electrons. The maximum Gasteiger partial charge on any atom is 0.161 e. The summed E-state index contributed by atoms with van der Waals surface area (Å²) in [5.41, 5.74) is 2.47. The minimum absolute atomic E-state index is 0.330. The molecule has 1 saturated carbocycles. The van der Waals surface area contributed by atoms with Crippen LogP contribution in [0, 0.1) is 12.7 Å². The van der Waals surface area contributed by atoms with Gasteiger partial charge in [0.25, 0.3) is 0 Å². The molecule has 1 aromatic heterocycles. The van der Waals surface area contributed by atoms with Gasteiger partial charge in [0.15, 0.2) is 5.82 Å². The first-order valence-electron chi connectivity index (χ1n) is 6.65. The topological polar surface area (TPSA) is 37.8 Å². The molecule has 1 N–H and O–H groups in total. The first-order valence-corrected chi connectivity index (χ1v) is 7.03. The minimum atomic E-state index is -0.359. The Balaban J connectivity index is 1.91. The first kappa shape index (κ1) is 13.5. The molecule has 0 aliphatic heterocycles. The lowest BCUT2D eigenvalue weighted by Crippen LogP contribution is -2.16. The van der Waals surface area contributed by atoms with Crippen molar-refractivity contribution in [1.82, 2.24) is 15.3 Å². The normalized spacial score (nSPS) is 14.6. The van der Waals surface area contributed by atoms with Gasteiger partial charge in [0.1, 0.15) is 5.82 Å². The van der Waals surface area contributed by atoms with Crippen LogP contribution in [0.3, 0.4) is 0 Å². The van der Waals surface area contributed by atoms with E-state index in [9.17, 15) is 4.39 Å². The van der Waals surface area contributed by atoms with E-state index in [1.807, 2.05) is 13.0 Å². The van der Waals surface area contributed by atoms with Crippen molar-refractivity contribution in [3.63, 3.8) is 0 Å². The fraction of sp³-hybridized carbons (Fsp3) is 0.333. The van der Waals surface area contributed by atoms with E-state index in [2.05, 4.69) is 15.3 Å². The summed E-state index contributed by atoms with van der Waals surface area (Å²) in [6.07, 6.45) is 2.47. The van der Waals surface area contributed by atoms with Gasteiger partial charge in [0, 0.05) is 23.8 Å². The predicted octanol–water partition coefficient (Wildman–Crippen LogP) is 3.50. The monoisotopic (exact) mass is 291 g/mol. The van der Waals surface area contributed by atoms with Crippen LogP contribution in [0.4, 0.5) is 4.39 Å². The second-order valence-electron chi connectivity index (χ2n) is 5.10. The molecule has 1 aromatic carbocycles. The van der Waals surface area contributed by atoms with Crippen LogP contribution in [0.1, 0.15) is 24.2 Å². The number of hydrogen-bond acceptors (Lipinski definition) is 3. The number of halogens is 2. The van der Waals surface area contributed by atoms with Crippen LogP contribution < -0.4 is 5.32 Å². The van der Waals surface area contributed by atoms with E-state index in [0.29, 0.717) is 22.5 Å². The fourth-order valence-corrected chi connectivity index (χ4v) is 2.30. The van der Waals surface area contributed by atoms with Crippen molar-refractivity contribution in [3.05, 3.63) is 46.5 Å². The van der Waals surface area contributed by atoms with E-state index in [-0.39, 0.29) is 5.82 Å². The molecule has 0 spiro atoms. The number of benzene rings is 1. The SMILES string of the molecule is Cc1cc(CNC2CC2)nc(-c2ccc(F)cc2Cl)n1. The molecule has 0 saturated heterocycles. The molecule has 0 bridgehead atoms. The van der Waals surface area contributed by atoms with Crippen molar-refractivity contribution in [3.8, 4) is 11.4 Å². The molecule has 0 atom stereocenters. The summed E-state index contributed by atoms with van der Waals surface area (Å²) in [6.45, 7) is 2.64. The van der Waals surface area contributed by atoms with E-state index in [1.165, 1.54) is 25.0 Å². The highest BCUT2D eigenvalue weighted by Crippen LogP contribution is 2.26. The van der Waals surface area contributed by atoms with Gasteiger partial charge in [-0.15, -0.1) is 0 Å². The van der Waals surface area contributed by atoms with Crippen LogP contribution in [0.2, 0.25) is 5.02 Å². The number of hydrogen-bond donors (Lipinski definition) is 1. The number of aryl methyl sites for hydroxylation is 1. The first-order chi connectivity index (χ1) is 9.61. The van der Waals surface area contributed by atoms with E-state index >= 15 is 0 Å². The quantitative estimate of drug-likeness (QED) is 0.937. The summed E-state index contributed by atoms with van der Waals surface area (Å²) in [4.78, 5) is 8.91. The average Bonchev–Trinajstić information content (AvgIpc) is 3.19. The summed E-state index contributed by atoms with van der Waals surface area (Å²) in [6, 6.07) is 6.85. The van der Waals surface area contributed by atoms with Gasteiger partial charge in [-0.25, -0.2) is 14.4 Å². The van der Waals surface area contributed by atoms with Crippen LogP contribution in [0.25, 0.3) is 11.4 Å². The van der Waals surface area contributed by atoms with Gasteiger partial charge in [0.2, 0.25) is 0 Å². The summed E-state index contributed by atoms with van der Waals surface area (Å²) in [7, 11) is 0. The predicted molar refractivity (Wildman–Crippen MR) is 77.0 cm³/mol. The zero-order chi connectivity index (χ0) is 14.1. The Labute approximate surface area is 122 Å². The number of aromatic nitrogens is 2. The van der Waals surface area contributed by atoms with Crippen molar-refractivity contribution in [2.45, 2.75) is 32.4 Å². The van der Waals surface area contributed by atoms with Crippen LogP contribution in [0.15, 0.2) is 24.3 Å². The Morgan fingerprint density at radius 2 is 2.10 bits per heavy atom. The van der Waals surface area contributed by atoms with E-state index in [1.54, 1.807) is 6.07 Å². The Kier molecular flexibility index (Phi) is 3.68. The van der Waals surface area contributed by atoms with Crippen molar-refractivity contribution in [1.29, 1.82) is 0 Å². The molecule has 1 fully saturated rings. The summed E-state index contributed by atoms with van der Waals surface area (Å²) in [5, 5.41) is 3.75. The van der Waals surface area contributed by atoms with Gasteiger partial charge < -0.3 is 5.32 Å². The lowest BCUT2D eigenvalue weighted by molar-refractivity contribution is 0.628. The van der Waals surface area contributed by atoms with E-state index in [0.717, 1.165) is 17.9 Å². The maximum absolute atomic E-state index is 13.1. The van der Waals surface area contributed by atoms with Gasteiger partial charge in [0.05, 0.1) is 10.7 Å². The molecular weight excluding hydrogens is 277 g/mol. The van der Waals surface area contributed by atoms with Gasteiger partial charge in [-0.1, -0.05) is 11.6 Å². The standard InChI is InChI=1S/C15H15ClFN3/c1-9-6-12(8-18-11-3-4-11)20-15(19-9)13-5-2-10(17)7-14(13)16/h2,5-7,11,18H,3-4,8H2,1H3. The Morgan fingerprint density at radius 1 is 1.30 bits per heavy atom. The second kappa shape index (κ2) is 5.46.